The largest absolute Gasteiger partial charge is 0.459 e. The van der Waals surface area contributed by atoms with E-state index in [1.54, 1.807) is 14.0 Å². The van der Waals surface area contributed by atoms with Crippen LogP contribution >= 0.6 is 0 Å². The molecular formula is C17H24N2O3. The van der Waals surface area contributed by atoms with Crippen molar-refractivity contribution in [3.05, 3.63) is 34.7 Å². The van der Waals surface area contributed by atoms with Gasteiger partial charge in [0.05, 0.1) is 6.10 Å². The van der Waals surface area contributed by atoms with Crippen molar-refractivity contribution >= 4 is 5.97 Å². The number of carbonyl (C=O) groups excluding carboxylic acids is 1. The molecule has 0 bridgehead atoms. The van der Waals surface area contributed by atoms with Gasteiger partial charge in [-0.3, -0.25) is 0 Å². The number of carbonyl (C=O) groups is 1. The lowest BCUT2D eigenvalue weighted by Crippen LogP contribution is -2.29. The quantitative estimate of drug-likeness (QED) is 0.444. The number of nitrogens with zero attached hydrogens (tertiary/aromatic N) is 2. The molecule has 0 saturated heterocycles. The maximum absolute atomic E-state index is 12.1. The monoisotopic (exact) mass is 304 g/mol. The molecule has 0 aliphatic carbocycles. The van der Waals surface area contributed by atoms with Gasteiger partial charge in [-0.25, -0.2) is 4.79 Å². The first-order valence-corrected chi connectivity index (χ1v) is 7.31. The van der Waals surface area contributed by atoms with Crippen molar-refractivity contribution in [2.45, 2.75) is 46.8 Å². The van der Waals surface area contributed by atoms with Gasteiger partial charge in [0.2, 0.25) is 0 Å². The van der Waals surface area contributed by atoms with Crippen LogP contribution in [-0.2, 0) is 14.3 Å². The van der Waals surface area contributed by atoms with Gasteiger partial charge in [-0.1, -0.05) is 0 Å². The number of methoxy groups -OCH3 is 1. The van der Waals surface area contributed by atoms with Crippen LogP contribution in [0.25, 0.3) is 0 Å². The minimum atomic E-state index is -0.618. The van der Waals surface area contributed by atoms with Gasteiger partial charge in [0.15, 0.2) is 0 Å². The van der Waals surface area contributed by atoms with Crippen molar-refractivity contribution in [3.63, 3.8) is 0 Å². The molecule has 0 saturated carbocycles. The van der Waals surface area contributed by atoms with Gasteiger partial charge < -0.3 is 14.4 Å². The average Bonchev–Trinajstić information content (AvgIpc) is 2.44. The maximum atomic E-state index is 12.1. The normalized spacial score (nSPS) is 15.9. The molecule has 1 unspecified atom stereocenters. The molecule has 1 atom stereocenters. The molecule has 0 aromatic rings. The van der Waals surface area contributed by atoms with E-state index in [9.17, 15) is 10.1 Å². The second kappa shape index (κ2) is 7.81. The molecule has 22 heavy (non-hydrogen) atoms. The Morgan fingerprint density at radius 3 is 2.23 bits per heavy atom. The van der Waals surface area contributed by atoms with Crippen molar-refractivity contribution in [2.75, 3.05) is 13.7 Å². The molecule has 120 valence electrons. The number of allylic oxidation sites excluding steroid dienone is 5. The van der Waals surface area contributed by atoms with Crippen molar-refractivity contribution in [3.8, 4) is 6.07 Å². The summed E-state index contributed by atoms with van der Waals surface area (Å²) in [5.41, 5.74) is 2.60. The minimum Gasteiger partial charge on any atom is -0.459 e. The molecule has 0 N–H and O–H groups in total. The van der Waals surface area contributed by atoms with Crippen LogP contribution in [0.2, 0.25) is 0 Å². The van der Waals surface area contributed by atoms with E-state index in [0.29, 0.717) is 11.6 Å². The topological polar surface area (TPSA) is 62.6 Å². The van der Waals surface area contributed by atoms with Crippen LogP contribution in [0.15, 0.2) is 34.7 Å². The highest BCUT2D eigenvalue weighted by Crippen LogP contribution is 2.26. The first-order chi connectivity index (χ1) is 10.3. The lowest BCUT2D eigenvalue weighted by atomic mass is 10.0. The molecule has 5 nitrogen and oxygen atoms in total. The van der Waals surface area contributed by atoms with Gasteiger partial charge in [0.1, 0.15) is 18.2 Å². The molecular weight excluding hydrogens is 280 g/mol. The molecule has 0 spiro atoms. The molecule has 0 fully saturated rings. The third-order valence-corrected chi connectivity index (χ3v) is 3.46. The Morgan fingerprint density at radius 1 is 1.27 bits per heavy atom. The fourth-order valence-electron chi connectivity index (χ4n) is 2.43. The van der Waals surface area contributed by atoms with E-state index in [0.717, 1.165) is 11.4 Å². The van der Waals surface area contributed by atoms with E-state index in [1.807, 2.05) is 32.1 Å². The van der Waals surface area contributed by atoms with Gasteiger partial charge in [0.25, 0.3) is 0 Å². The van der Waals surface area contributed by atoms with Crippen LogP contribution < -0.4 is 0 Å². The fourth-order valence-corrected chi connectivity index (χ4v) is 2.43. The van der Waals surface area contributed by atoms with Crippen LogP contribution in [0.1, 0.15) is 34.6 Å². The van der Waals surface area contributed by atoms with Crippen LogP contribution in [0.5, 0.6) is 0 Å². The minimum absolute atomic E-state index is 0.0189. The summed E-state index contributed by atoms with van der Waals surface area (Å²) in [4.78, 5) is 14.2. The predicted molar refractivity (Wildman–Crippen MR) is 84.6 cm³/mol. The molecule has 1 rings (SSSR count). The summed E-state index contributed by atoms with van der Waals surface area (Å²) in [7, 11) is 1.54. The number of rotatable bonds is 5. The van der Waals surface area contributed by atoms with Crippen molar-refractivity contribution in [1.29, 1.82) is 5.26 Å². The first kappa shape index (κ1) is 18.0. The summed E-state index contributed by atoms with van der Waals surface area (Å²) in [6.07, 6.45) is 3.48. The zero-order valence-corrected chi connectivity index (χ0v) is 14.1. The first-order valence-electron chi connectivity index (χ1n) is 7.31. The Morgan fingerprint density at radius 2 is 1.82 bits per heavy atom. The molecule has 0 aromatic carbocycles. The number of esters is 1. The molecule has 1 aliphatic rings. The highest BCUT2D eigenvalue weighted by Gasteiger charge is 2.21. The number of nitriles is 1. The number of ether oxygens (including phenoxy) is 2. The summed E-state index contributed by atoms with van der Waals surface area (Å²) in [6.45, 7) is 10.0. The van der Waals surface area contributed by atoms with Crippen LogP contribution in [0, 0.1) is 11.3 Å². The zero-order valence-electron chi connectivity index (χ0n) is 14.1. The lowest BCUT2D eigenvalue weighted by Gasteiger charge is -2.33. The smallest absolute Gasteiger partial charge is 0.349 e. The van der Waals surface area contributed by atoms with Crippen molar-refractivity contribution < 1.29 is 14.3 Å². The zero-order chi connectivity index (χ0) is 16.9. The van der Waals surface area contributed by atoms with Gasteiger partial charge in [-0.15, -0.1) is 0 Å². The van der Waals surface area contributed by atoms with Gasteiger partial charge in [0, 0.05) is 30.1 Å². The third-order valence-electron chi connectivity index (χ3n) is 3.46. The molecule has 1 aliphatic heterocycles. The summed E-state index contributed by atoms with van der Waals surface area (Å²) in [5.74, 6) is -0.618. The van der Waals surface area contributed by atoms with E-state index in [1.165, 1.54) is 0 Å². The van der Waals surface area contributed by atoms with Gasteiger partial charge >= 0.3 is 5.97 Å². The summed E-state index contributed by atoms with van der Waals surface area (Å²) in [6, 6.07) is 2.27. The van der Waals surface area contributed by atoms with Crippen LogP contribution in [-0.4, -0.2) is 36.7 Å². The van der Waals surface area contributed by atoms with Crippen LogP contribution in [0.4, 0.5) is 0 Å². The van der Waals surface area contributed by atoms with Gasteiger partial charge in [-0.05, 0) is 46.8 Å². The van der Waals surface area contributed by atoms with E-state index < -0.39 is 5.97 Å². The Balaban J connectivity index is 3.05. The van der Waals surface area contributed by atoms with Gasteiger partial charge in [-0.2, -0.15) is 5.26 Å². The highest BCUT2D eigenvalue weighted by molar-refractivity contribution is 5.95. The Labute approximate surface area is 132 Å². The number of hydrogen-bond acceptors (Lipinski definition) is 5. The SMILES string of the molecule is COC(C)COC(=O)C(C#N)=C1C=C(C)N(C(C)C)C(C)=C1. The Hall–Kier alpha value is -2.06. The molecule has 0 aromatic heterocycles. The Bertz CT molecular complexity index is 543. The summed E-state index contributed by atoms with van der Waals surface area (Å²) in [5, 5.41) is 9.31. The average molecular weight is 304 g/mol. The number of hydrogen-bond donors (Lipinski definition) is 0. The van der Waals surface area contributed by atoms with Crippen molar-refractivity contribution in [1.82, 2.24) is 4.90 Å². The maximum Gasteiger partial charge on any atom is 0.349 e. The molecule has 1 heterocycles. The third kappa shape index (κ3) is 4.22. The predicted octanol–water partition coefficient (Wildman–Crippen LogP) is 2.92. The lowest BCUT2D eigenvalue weighted by molar-refractivity contribution is -0.141. The fraction of sp³-hybridized carbons (Fsp3) is 0.529. The second-order valence-electron chi connectivity index (χ2n) is 5.62. The van der Waals surface area contributed by atoms with E-state index >= 15 is 0 Å². The molecule has 5 heteroatoms. The second-order valence-corrected chi connectivity index (χ2v) is 5.62. The summed E-state index contributed by atoms with van der Waals surface area (Å²) >= 11 is 0. The summed E-state index contributed by atoms with van der Waals surface area (Å²) < 4.78 is 10.2. The molecule has 0 radical (unpaired) electrons. The molecule has 0 amide bonds. The van der Waals surface area contributed by atoms with Crippen molar-refractivity contribution in [2.24, 2.45) is 0 Å². The van der Waals surface area contributed by atoms with E-state index in [2.05, 4.69) is 18.7 Å². The van der Waals surface area contributed by atoms with E-state index in [-0.39, 0.29) is 18.3 Å². The Kier molecular flexibility index (Phi) is 6.39. The standard InChI is InChI=1S/C17H24N2O3/c1-11(2)19-12(3)7-15(8-13(19)4)16(9-18)17(20)22-10-14(5)21-6/h7-8,11,14H,10H2,1-6H3. The van der Waals surface area contributed by atoms with Crippen LogP contribution in [0.3, 0.4) is 0 Å². The van der Waals surface area contributed by atoms with E-state index in [4.69, 9.17) is 9.47 Å². The highest BCUT2D eigenvalue weighted by atomic mass is 16.6.